The molecule has 2 aromatic carbocycles. The first-order valence-corrected chi connectivity index (χ1v) is 7.55. The molecule has 0 bridgehead atoms. The maximum Gasteiger partial charge on any atom is 0.138 e. The third-order valence-electron chi connectivity index (χ3n) is 4.38. The Morgan fingerprint density at radius 2 is 1.67 bits per heavy atom. The SMILES string of the molecule is COc1ccc2oc(-c3ccccc3)c3c2c1CCCC3. The molecule has 0 spiro atoms. The van der Waals surface area contributed by atoms with Crippen LogP contribution in [0.1, 0.15) is 24.0 Å². The number of benzene rings is 2. The van der Waals surface area contributed by atoms with Gasteiger partial charge < -0.3 is 9.15 Å². The highest BCUT2D eigenvalue weighted by molar-refractivity contribution is 5.92. The molecule has 3 aromatic rings. The summed E-state index contributed by atoms with van der Waals surface area (Å²) in [6, 6.07) is 14.5. The van der Waals surface area contributed by atoms with Crippen molar-refractivity contribution in [2.75, 3.05) is 7.11 Å². The molecule has 1 heterocycles. The van der Waals surface area contributed by atoms with Gasteiger partial charge in [0.15, 0.2) is 0 Å². The summed E-state index contributed by atoms with van der Waals surface area (Å²) in [6.45, 7) is 0. The topological polar surface area (TPSA) is 22.4 Å². The van der Waals surface area contributed by atoms with E-state index in [9.17, 15) is 0 Å². The van der Waals surface area contributed by atoms with Crippen LogP contribution in [0.4, 0.5) is 0 Å². The Hall–Kier alpha value is -2.22. The maximum atomic E-state index is 6.20. The van der Waals surface area contributed by atoms with Crippen LogP contribution in [-0.4, -0.2) is 7.11 Å². The molecule has 0 fully saturated rings. The fourth-order valence-corrected chi connectivity index (χ4v) is 3.41. The fourth-order valence-electron chi connectivity index (χ4n) is 3.41. The zero-order chi connectivity index (χ0) is 14.2. The largest absolute Gasteiger partial charge is 0.496 e. The molecule has 0 unspecified atom stereocenters. The molecule has 0 atom stereocenters. The lowest BCUT2D eigenvalue weighted by Crippen LogP contribution is -1.92. The average molecular weight is 278 g/mol. The van der Waals surface area contributed by atoms with Crippen LogP contribution in [0.15, 0.2) is 46.9 Å². The average Bonchev–Trinajstić information content (AvgIpc) is 2.76. The van der Waals surface area contributed by atoms with Crippen molar-refractivity contribution in [1.29, 1.82) is 0 Å². The highest BCUT2D eigenvalue weighted by Crippen LogP contribution is 2.41. The second-order valence-electron chi connectivity index (χ2n) is 5.60. The van der Waals surface area contributed by atoms with Gasteiger partial charge in [0.2, 0.25) is 0 Å². The van der Waals surface area contributed by atoms with E-state index in [1.807, 2.05) is 18.2 Å². The van der Waals surface area contributed by atoms with Crippen LogP contribution in [-0.2, 0) is 12.8 Å². The van der Waals surface area contributed by atoms with Crippen LogP contribution in [0, 0.1) is 0 Å². The Labute approximate surface area is 124 Å². The zero-order valence-corrected chi connectivity index (χ0v) is 12.2. The molecule has 2 heteroatoms. The molecule has 106 valence electrons. The summed E-state index contributed by atoms with van der Waals surface area (Å²) in [6.07, 6.45) is 4.56. The van der Waals surface area contributed by atoms with E-state index in [4.69, 9.17) is 9.15 Å². The summed E-state index contributed by atoms with van der Waals surface area (Å²) in [4.78, 5) is 0. The normalized spacial score (nSPS) is 14.1. The highest BCUT2D eigenvalue weighted by atomic mass is 16.5. The molecule has 0 saturated carbocycles. The molecule has 0 N–H and O–H groups in total. The summed E-state index contributed by atoms with van der Waals surface area (Å²) in [7, 11) is 1.75. The van der Waals surface area contributed by atoms with Crippen molar-refractivity contribution in [3.8, 4) is 17.1 Å². The van der Waals surface area contributed by atoms with Gasteiger partial charge in [-0.3, -0.25) is 0 Å². The second kappa shape index (κ2) is 4.96. The summed E-state index contributed by atoms with van der Waals surface area (Å²) >= 11 is 0. The molecule has 0 amide bonds. The number of aryl methyl sites for hydroxylation is 2. The van der Waals surface area contributed by atoms with Gasteiger partial charge in [-0.25, -0.2) is 0 Å². The number of methoxy groups -OCH3 is 1. The van der Waals surface area contributed by atoms with E-state index in [1.165, 1.54) is 29.4 Å². The molecule has 1 aliphatic carbocycles. The lowest BCUT2D eigenvalue weighted by atomic mass is 10.00. The molecular formula is C19H18O2. The number of rotatable bonds is 2. The minimum atomic E-state index is 0.988. The molecule has 0 saturated heterocycles. The van der Waals surface area contributed by atoms with Crippen LogP contribution >= 0.6 is 0 Å². The van der Waals surface area contributed by atoms with Crippen molar-refractivity contribution >= 4 is 11.0 Å². The van der Waals surface area contributed by atoms with Gasteiger partial charge in [-0.05, 0) is 37.8 Å². The fraction of sp³-hybridized carbons (Fsp3) is 0.263. The van der Waals surface area contributed by atoms with E-state index in [2.05, 4.69) is 24.3 Å². The van der Waals surface area contributed by atoms with Crippen molar-refractivity contribution in [1.82, 2.24) is 0 Å². The quantitative estimate of drug-likeness (QED) is 0.659. The molecular weight excluding hydrogens is 260 g/mol. The molecule has 0 radical (unpaired) electrons. The van der Waals surface area contributed by atoms with Gasteiger partial charge in [0.25, 0.3) is 0 Å². The van der Waals surface area contributed by atoms with Gasteiger partial charge in [-0.15, -0.1) is 0 Å². The van der Waals surface area contributed by atoms with Crippen molar-refractivity contribution < 1.29 is 9.15 Å². The summed E-state index contributed by atoms with van der Waals surface area (Å²) in [5, 5.41) is 1.28. The number of furan rings is 1. The Morgan fingerprint density at radius 1 is 0.905 bits per heavy atom. The van der Waals surface area contributed by atoms with Crippen LogP contribution in [0.3, 0.4) is 0 Å². The predicted molar refractivity (Wildman–Crippen MR) is 84.8 cm³/mol. The van der Waals surface area contributed by atoms with Gasteiger partial charge in [0.05, 0.1) is 7.11 Å². The molecule has 21 heavy (non-hydrogen) atoms. The number of ether oxygens (including phenoxy) is 1. The van der Waals surface area contributed by atoms with E-state index >= 15 is 0 Å². The lowest BCUT2D eigenvalue weighted by molar-refractivity contribution is 0.410. The maximum absolute atomic E-state index is 6.20. The minimum absolute atomic E-state index is 0.988. The Bertz CT molecular complexity index is 784. The molecule has 2 nitrogen and oxygen atoms in total. The Balaban J connectivity index is 2.04. The van der Waals surface area contributed by atoms with Gasteiger partial charge in [0, 0.05) is 22.1 Å². The molecule has 4 rings (SSSR count). The third kappa shape index (κ3) is 1.94. The van der Waals surface area contributed by atoms with Crippen LogP contribution in [0.5, 0.6) is 5.75 Å². The van der Waals surface area contributed by atoms with Gasteiger partial charge in [0.1, 0.15) is 17.1 Å². The molecule has 0 aliphatic heterocycles. The van der Waals surface area contributed by atoms with Crippen molar-refractivity contribution in [2.45, 2.75) is 25.7 Å². The van der Waals surface area contributed by atoms with Crippen molar-refractivity contribution in [3.05, 3.63) is 53.6 Å². The van der Waals surface area contributed by atoms with E-state index in [0.717, 1.165) is 35.5 Å². The second-order valence-corrected chi connectivity index (χ2v) is 5.60. The smallest absolute Gasteiger partial charge is 0.138 e. The standard InChI is InChI=1S/C19H18O2/c1-20-16-11-12-17-18-14(16)9-5-6-10-15(18)19(21-17)13-7-3-2-4-8-13/h2-4,7-8,11-12H,5-6,9-10H2,1H3. The predicted octanol–water partition coefficient (Wildman–Crippen LogP) is 4.99. The van der Waals surface area contributed by atoms with Crippen LogP contribution < -0.4 is 4.74 Å². The summed E-state index contributed by atoms with van der Waals surface area (Å²) < 4.78 is 11.8. The van der Waals surface area contributed by atoms with E-state index in [-0.39, 0.29) is 0 Å². The first-order valence-electron chi connectivity index (χ1n) is 7.55. The summed E-state index contributed by atoms with van der Waals surface area (Å²) in [5.74, 6) is 2.02. The monoisotopic (exact) mass is 278 g/mol. The third-order valence-corrected chi connectivity index (χ3v) is 4.38. The van der Waals surface area contributed by atoms with Crippen molar-refractivity contribution in [2.24, 2.45) is 0 Å². The van der Waals surface area contributed by atoms with E-state index in [0.29, 0.717) is 0 Å². The number of hydrogen-bond donors (Lipinski definition) is 0. The van der Waals surface area contributed by atoms with Crippen molar-refractivity contribution in [3.63, 3.8) is 0 Å². The first-order chi connectivity index (χ1) is 10.4. The highest BCUT2D eigenvalue weighted by Gasteiger charge is 2.22. The van der Waals surface area contributed by atoms with E-state index < -0.39 is 0 Å². The van der Waals surface area contributed by atoms with Gasteiger partial charge >= 0.3 is 0 Å². The van der Waals surface area contributed by atoms with Gasteiger partial charge in [-0.1, -0.05) is 30.3 Å². The zero-order valence-electron chi connectivity index (χ0n) is 12.2. The Kier molecular flexibility index (Phi) is 2.95. The van der Waals surface area contributed by atoms with Crippen LogP contribution in [0.25, 0.3) is 22.3 Å². The first kappa shape index (κ1) is 12.5. The Morgan fingerprint density at radius 3 is 2.43 bits per heavy atom. The molecule has 1 aliphatic rings. The summed E-state index contributed by atoms with van der Waals surface area (Å²) in [5.41, 5.74) is 4.81. The van der Waals surface area contributed by atoms with Gasteiger partial charge in [-0.2, -0.15) is 0 Å². The lowest BCUT2D eigenvalue weighted by Gasteiger charge is -2.07. The van der Waals surface area contributed by atoms with E-state index in [1.54, 1.807) is 7.11 Å². The number of hydrogen-bond acceptors (Lipinski definition) is 2. The molecule has 1 aromatic heterocycles. The minimum Gasteiger partial charge on any atom is -0.496 e. The van der Waals surface area contributed by atoms with Crippen LogP contribution in [0.2, 0.25) is 0 Å².